The fraction of sp³-hybridized carbons (Fsp3) is 0.316. The van der Waals surface area contributed by atoms with Crippen LogP contribution in [0.4, 0.5) is 5.69 Å². The van der Waals surface area contributed by atoms with Crippen molar-refractivity contribution in [2.45, 2.75) is 38.0 Å². The molecule has 25 heavy (non-hydrogen) atoms. The highest BCUT2D eigenvalue weighted by Gasteiger charge is 2.29. The Morgan fingerprint density at radius 1 is 0.960 bits per heavy atom. The van der Waals surface area contributed by atoms with Crippen LogP contribution in [-0.2, 0) is 20.2 Å². The predicted molar refractivity (Wildman–Crippen MR) is 98.5 cm³/mol. The van der Waals surface area contributed by atoms with Crippen molar-refractivity contribution in [2.24, 2.45) is 0 Å². The first kappa shape index (κ1) is 19.0. The minimum Gasteiger partial charge on any atom is -0.497 e. The number of sulfonamides is 1. The Morgan fingerprint density at radius 3 is 1.88 bits per heavy atom. The number of ether oxygens (including phenoxy) is 1. The molecule has 0 saturated heterocycles. The summed E-state index contributed by atoms with van der Waals surface area (Å²) in [7, 11) is -2.47. The molecule has 134 valence electrons. The Labute approximate surface area is 149 Å². The summed E-state index contributed by atoms with van der Waals surface area (Å²) in [6.07, 6.45) is 0. The fourth-order valence-electron chi connectivity index (χ4n) is 2.44. The molecule has 0 unspecified atom stereocenters. The summed E-state index contributed by atoms with van der Waals surface area (Å²) in [5.41, 5.74) is 1.21. The lowest BCUT2D eigenvalue weighted by molar-refractivity contribution is -0.115. The molecule has 0 radical (unpaired) electrons. The summed E-state index contributed by atoms with van der Waals surface area (Å²) in [6.45, 7) is 7.38. The van der Waals surface area contributed by atoms with Crippen LogP contribution in [0.3, 0.4) is 0 Å². The van der Waals surface area contributed by atoms with Crippen molar-refractivity contribution < 1.29 is 17.9 Å². The molecule has 0 fully saturated rings. The minimum absolute atomic E-state index is 0.0755. The minimum atomic E-state index is -3.99. The van der Waals surface area contributed by atoms with E-state index in [9.17, 15) is 13.2 Å². The molecule has 2 aromatic rings. The number of hydrogen-bond acceptors (Lipinski definition) is 4. The topological polar surface area (TPSA) is 63.7 Å². The predicted octanol–water partition coefficient (Wildman–Crippen LogP) is 3.73. The Morgan fingerprint density at radius 2 is 1.48 bits per heavy atom. The summed E-state index contributed by atoms with van der Waals surface area (Å²) in [5.74, 6) is 0.00393. The molecule has 5 nitrogen and oxygen atoms in total. The van der Waals surface area contributed by atoms with Gasteiger partial charge >= 0.3 is 0 Å². The highest BCUT2D eigenvalue weighted by molar-refractivity contribution is 7.93. The van der Waals surface area contributed by atoms with E-state index in [1.807, 2.05) is 0 Å². The standard InChI is InChI=1S/C19H23NO4S/c1-14(21)20(16-8-10-17(24-5)11-9-16)25(22,23)18-12-6-15(7-13-18)19(2,3)4/h6-13H,1-5H3. The maximum absolute atomic E-state index is 13.0. The van der Waals surface area contributed by atoms with Gasteiger partial charge < -0.3 is 4.74 Å². The van der Waals surface area contributed by atoms with Crippen molar-refractivity contribution in [3.8, 4) is 5.75 Å². The first-order chi connectivity index (χ1) is 11.6. The van der Waals surface area contributed by atoms with Crippen LogP contribution in [-0.4, -0.2) is 21.4 Å². The van der Waals surface area contributed by atoms with E-state index in [0.29, 0.717) is 5.75 Å². The Bertz CT molecular complexity index is 848. The van der Waals surface area contributed by atoms with Gasteiger partial charge in [0.25, 0.3) is 10.0 Å². The third-order valence-corrected chi connectivity index (χ3v) is 5.67. The number of carbonyl (C=O) groups excluding carboxylic acids is 1. The van der Waals surface area contributed by atoms with Gasteiger partial charge in [0.05, 0.1) is 17.7 Å². The quantitative estimate of drug-likeness (QED) is 0.832. The molecular weight excluding hydrogens is 338 g/mol. The van der Waals surface area contributed by atoms with E-state index in [1.54, 1.807) is 36.4 Å². The molecule has 0 aliphatic carbocycles. The zero-order chi connectivity index (χ0) is 18.8. The van der Waals surface area contributed by atoms with Gasteiger partial charge in [-0.2, -0.15) is 0 Å². The summed E-state index contributed by atoms with van der Waals surface area (Å²) in [4.78, 5) is 12.1. The van der Waals surface area contributed by atoms with E-state index >= 15 is 0 Å². The van der Waals surface area contributed by atoms with Crippen molar-refractivity contribution in [1.29, 1.82) is 0 Å². The monoisotopic (exact) mass is 361 g/mol. The van der Waals surface area contributed by atoms with Crippen LogP contribution in [0, 0.1) is 0 Å². The Balaban J connectivity index is 2.47. The summed E-state index contributed by atoms with van der Waals surface area (Å²) < 4.78 is 31.8. The number of carbonyl (C=O) groups is 1. The van der Waals surface area contributed by atoms with Crippen molar-refractivity contribution in [3.05, 3.63) is 54.1 Å². The van der Waals surface area contributed by atoms with Gasteiger partial charge in [-0.1, -0.05) is 32.9 Å². The highest BCUT2D eigenvalue weighted by atomic mass is 32.2. The Hall–Kier alpha value is -2.34. The maximum atomic E-state index is 13.0. The molecule has 0 aliphatic heterocycles. The van der Waals surface area contributed by atoms with Crippen LogP contribution in [0.1, 0.15) is 33.3 Å². The number of methoxy groups -OCH3 is 1. The van der Waals surface area contributed by atoms with Crippen molar-refractivity contribution in [2.75, 3.05) is 11.4 Å². The van der Waals surface area contributed by atoms with E-state index in [0.717, 1.165) is 9.87 Å². The molecule has 6 heteroatoms. The molecule has 1 amide bonds. The lowest BCUT2D eigenvalue weighted by atomic mass is 9.87. The van der Waals surface area contributed by atoms with Crippen LogP contribution in [0.2, 0.25) is 0 Å². The number of hydrogen-bond donors (Lipinski definition) is 0. The fourth-order valence-corrected chi connectivity index (χ4v) is 3.87. The summed E-state index contributed by atoms with van der Waals surface area (Å²) in [6, 6.07) is 12.9. The van der Waals surface area contributed by atoms with Gasteiger partial charge in [-0.05, 0) is 47.4 Å². The van der Waals surface area contributed by atoms with Gasteiger partial charge in [-0.15, -0.1) is 0 Å². The van der Waals surface area contributed by atoms with Crippen molar-refractivity contribution >= 4 is 21.6 Å². The van der Waals surface area contributed by atoms with E-state index in [-0.39, 0.29) is 16.0 Å². The van der Waals surface area contributed by atoms with E-state index in [2.05, 4.69) is 20.8 Å². The highest BCUT2D eigenvalue weighted by Crippen LogP contribution is 2.28. The largest absolute Gasteiger partial charge is 0.497 e. The molecule has 0 heterocycles. The number of amides is 1. The normalized spacial score (nSPS) is 11.9. The number of benzene rings is 2. The first-order valence-corrected chi connectivity index (χ1v) is 9.32. The second-order valence-corrected chi connectivity index (χ2v) is 8.55. The second-order valence-electron chi connectivity index (χ2n) is 6.76. The van der Waals surface area contributed by atoms with Gasteiger partial charge in [-0.3, -0.25) is 4.79 Å². The molecule has 0 aromatic heterocycles. The molecule has 0 bridgehead atoms. The van der Waals surface area contributed by atoms with Crippen LogP contribution in [0.15, 0.2) is 53.4 Å². The number of nitrogens with zero attached hydrogens (tertiary/aromatic N) is 1. The summed E-state index contributed by atoms with van der Waals surface area (Å²) in [5, 5.41) is 0. The van der Waals surface area contributed by atoms with E-state index in [4.69, 9.17) is 4.74 Å². The van der Waals surface area contributed by atoms with Gasteiger partial charge in [0.15, 0.2) is 0 Å². The molecule has 0 atom stereocenters. The molecule has 2 rings (SSSR count). The van der Waals surface area contributed by atoms with E-state index < -0.39 is 15.9 Å². The van der Waals surface area contributed by atoms with Crippen LogP contribution in [0.25, 0.3) is 0 Å². The Kier molecular flexibility index (Phi) is 5.23. The van der Waals surface area contributed by atoms with Crippen molar-refractivity contribution in [1.82, 2.24) is 0 Å². The summed E-state index contributed by atoms with van der Waals surface area (Å²) >= 11 is 0. The molecule has 0 spiro atoms. The average molecular weight is 361 g/mol. The lowest BCUT2D eigenvalue weighted by Crippen LogP contribution is -2.35. The van der Waals surface area contributed by atoms with E-state index in [1.165, 1.54) is 26.2 Å². The second kappa shape index (κ2) is 6.88. The van der Waals surface area contributed by atoms with Gasteiger partial charge in [0, 0.05) is 6.92 Å². The third-order valence-electron chi connectivity index (χ3n) is 3.85. The van der Waals surface area contributed by atoms with Gasteiger partial charge in [0.2, 0.25) is 5.91 Å². The number of anilines is 1. The number of rotatable bonds is 4. The maximum Gasteiger partial charge on any atom is 0.270 e. The van der Waals surface area contributed by atoms with Crippen LogP contribution >= 0.6 is 0 Å². The van der Waals surface area contributed by atoms with Gasteiger partial charge in [0.1, 0.15) is 5.75 Å². The average Bonchev–Trinajstić information content (AvgIpc) is 2.54. The molecule has 0 N–H and O–H groups in total. The smallest absolute Gasteiger partial charge is 0.270 e. The zero-order valence-corrected chi connectivity index (χ0v) is 15.9. The van der Waals surface area contributed by atoms with Crippen LogP contribution < -0.4 is 9.04 Å². The molecular formula is C19H23NO4S. The first-order valence-electron chi connectivity index (χ1n) is 7.88. The van der Waals surface area contributed by atoms with Crippen molar-refractivity contribution in [3.63, 3.8) is 0 Å². The SMILES string of the molecule is COc1ccc(N(C(C)=O)S(=O)(=O)c2ccc(C(C)(C)C)cc2)cc1. The van der Waals surface area contributed by atoms with Gasteiger partial charge in [-0.25, -0.2) is 12.7 Å². The molecule has 0 saturated carbocycles. The molecule has 0 aliphatic rings. The molecule has 2 aromatic carbocycles. The zero-order valence-electron chi connectivity index (χ0n) is 15.1. The van der Waals surface area contributed by atoms with Crippen LogP contribution in [0.5, 0.6) is 5.75 Å². The third kappa shape index (κ3) is 4.02. The lowest BCUT2D eigenvalue weighted by Gasteiger charge is -2.23.